The van der Waals surface area contributed by atoms with Gasteiger partial charge in [-0.05, 0) is 24.2 Å². The fourth-order valence-corrected chi connectivity index (χ4v) is 2.24. The second kappa shape index (κ2) is 7.74. The van der Waals surface area contributed by atoms with Crippen LogP contribution in [-0.2, 0) is 6.42 Å². The summed E-state index contributed by atoms with van der Waals surface area (Å²) in [4.78, 5) is 0. The molecule has 0 spiro atoms. The Balaban J connectivity index is 2.28. The molecule has 0 aliphatic rings. The molecule has 1 aromatic rings. The topological polar surface area (TPSA) is 38.0 Å². The van der Waals surface area contributed by atoms with E-state index in [0.717, 1.165) is 24.3 Å². The van der Waals surface area contributed by atoms with Gasteiger partial charge in [-0.25, -0.2) is 0 Å². The van der Waals surface area contributed by atoms with Crippen molar-refractivity contribution in [2.75, 3.05) is 11.5 Å². The average Bonchev–Trinajstić information content (AvgIpc) is 2.31. The van der Waals surface area contributed by atoms with E-state index in [4.69, 9.17) is 5.84 Å². The van der Waals surface area contributed by atoms with E-state index in [1.54, 1.807) is 0 Å². The molecule has 0 aliphatic heterocycles. The van der Waals surface area contributed by atoms with E-state index in [9.17, 15) is 0 Å². The van der Waals surface area contributed by atoms with Gasteiger partial charge in [-0.2, -0.15) is 11.8 Å². The van der Waals surface area contributed by atoms with Gasteiger partial charge in [0.15, 0.2) is 0 Å². The zero-order valence-electron chi connectivity index (χ0n) is 9.28. The fourth-order valence-electron chi connectivity index (χ4n) is 1.46. The van der Waals surface area contributed by atoms with Crippen LogP contribution in [0.2, 0.25) is 0 Å². The van der Waals surface area contributed by atoms with Crippen LogP contribution in [0.3, 0.4) is 0 Å². The van der Waals surface area contributed by atoms with Crippen molar-refractivity contribution in [3.05, 3.63) is 35.9 Å². The molecule has 2 nitrogen and oxygen atoms in total. The predicted octanol–water partition coefficient (Wildman–Crippen LogP) is 2.20. The van der Waals surface area contributed by atoms with E-state index < -0.39 is 0 Å². The molecular weight excluding hydrogens is 204 g/mol. The van der Waals surface area contributed by atoms with Crippen LogP contribution in [0.1, 0.15) is 18.9 Å². The van der Waals surface area contributed by atoms with Gasteiger partial charge in [0, 0.05) is 11.8 Å². The molecule has 3 N–H and O–H groups in total. The number of thioether (sulfide) groups is 1. The molecule has 0 heterocycles. The van der Waals surface area contributed by atoms with Crippen molar-refractivity contribution in [2.24, 2.45) is 5.84 Å². The van der Waals surface area contributed by atoms with Gasteiger partial charge in [0.1, 0.15) is 0 Å². The van der Waals surface area contributed by atoms with Crippen molar-refractivity contribution in [3.8, 4) is 0 Å². The average molecular weight is 224 g/mol. The van der Waals surface area contributed by atoms with E-state index >= 15 is 0 Å². The molecule has 0 bridgehead atoms. The largest absolute Gasteiger partial charge is 0.271 e. The Bertz CT molecular complexity index is 251. The Morgan fingerprint density at radius 2 is 2.07 bits per heavy atom. The lowest BCUT2D eigenvalue weighted by atomic mass is 10.1. The molecule has 84 valence electrons. The maximum atomic E-state index is 5.51. The lowest BCUT2D eigenvalue weighted by molar-refractivity contribution is 0.539. The van der Waals surface area contributed by atoms with Gasteiger partial charge in [-0.3, -0.25) is 11.3 Å². The molecule has 1 aromatic carbocycles. The molecule has 15 heavy (non-hydrogen) atoms. The van der Waals surface area contributed by atoms with Gasteiger partial charge < -0.3 is 0 Å². The summed E-state index contributed by atoms with van der Waals surface area (Å²) < 4.78 is 0. The first-order valence-electron chi connectivity index (χ1n) is 5.44. The smallest absolute Gasteiger partial charge is 0.0304 e. The second-order valence-electron chi connectivity index (χ2n) is 3.55. The van der Waals surface area contributed by atoms with E-state index in [2.05, 4.69) is 42.7 Å². The van der Waals surface area contributed by atoms with Gasteiger partial charge in [0.2, 0.25) is 0 Å². The minimum absolute atomic E-state index is 0.426. The van der Waals surface area contributed by atoms with Crippen LogP contribution >= 0.6 is 11.8 Å². The zero-order valence-corrected chi connectivity index (χ0v) is 10.1. The number of aryl methyl sites for hydroxylation is 1. The van der Waals surface area contributed by atoms with Crippen molar-refractivity contribution in [1.82, 2.24) is 5.43 Å². The lowest BCUT2D eigenvalue weighted by Crippen LogP contribution is -2.37. The molecule has 1 unspecified atom stereocenters. The molecule has 3 heteroatoms. The number of nitrogens with two attached hydrogens (primary N) is 1. The number of hydrogen-bond donors (Lipinski definition) is 2. The lowest BCUT2D eigenvalue weighted by Gasteiger charge is -2.14. The van der Waals surface area contributed by atoms with E-state index in [1.807, 2.05) is 11.8 Å². The molecule has 0 fully saturated rings. The summed E-state index contributed by atoms with van der Waals surface area (Å²) in [6.45, 7) is 2.18. The first-order valence-corrected chi connectivity index (χ1v) is 6.60. The van der Waals surface area contributed by atoms with Crippen molar-refractivity contribution in [1.29, 1.82) is 0 Å². The molecule has 0 aliphatic carbocycles. The highest BCUT2D eigenvalue weighted by molar-refractivity contribution is 7.99. The number of hydrogen-bond acceptors (Lipinski definition) is 3. The van der Waals surface area contributed by atoms with Crippen molar-refractivity contribution in [3.63, 3.8) is 0 Å². The normalized spacial score (nSPS) is 12.7. The van der Waals surface area contributed by atoms with Crippen LogP contribution in [-0.4, -0.2) is 17.5 Å². The van der Waals surface area contributed by atoms with Crippen LogP contribution in [0.5, 0.6) is 0 Å². The third-order valence-electron chi connectivity index (χ3n) is 2.38. The highest BCUT2D eigenvalue weighted by Crippen LogP contribution is 2.09. The standard InChI is InChI=1S/C12H20N2S/c1-2-15-10-12(14-13)9-8-11-6-4-3-5-7-11/h3-7,12,14H,2,8-10,13H2,1H3. The first-order chi connectivity index (χ1) is 7.36. The Morgan fingerprint density at radius 3 is 2.67 bits per heavy atom. The van der Waals surface area contributed by atoms with Crippen LogP contribution in [0.25, 0.3) is 0 Å². The Morgan fingerprint density at radius 1 is 1.33 bits per heavy atom. The van der Waals surface area contributed by atoms with E-state index in [-0.39, 0.29) is 0 Å². The third-order valence-corrected chi connectivity index (χ3v) is 3.43. The highest BCUT2D eigenvalue weighted by Gasteiger charge is 2.05. The molecule has 0 radical (unpaired) electrons. The summed E-state index contributed by atoms with van der Waals surface area (Å²) in [7, 11) is 0. The molecule has 1 atom stereocenters. The second-order valence-corrected chi connectivity index (χ2v) is 4.87. The maximum absolute atomic E-state index is 5.51. The summed E-state index contributed by atoms with van der Waals surface area (Å²) in [6.07, 6.45) is 2.20. The van der Waals surface area contributed by atoms with Gasteiger partial charge in [0.05, 0.1) is 0 Å². The highest BCUT2D eigenvalue weighted by atomic mass is 32.2. The molecular formula is C12H20N2S. The summed E-state index contributed by atoms with van der Waals surface area (Å²) in [6, 6.07) is 11.0. The van der Waals surface area contributed by atoms with Crippen molar-refractivity contribution >= 4 is 11.8 Å². The number of rotatable bonds is 7. The number of hydrazine groups is 1. The summed E-state index contributed by atoms with van der Waals surface area (Å²) >= 11 is 1.93. The molecule has 0 saturated carbocycles. The molecule has 0 saturated heterocycles. The van der Waals surface area contributed by atoms with Gasteiger partial charge in [0.25, 0.3) is 0 Å². The van der Waals surface area contributed by atoms with E-state index in [1.165, 1.54) is 5.56 Å². The summed E-state index contributed by atoms with van der Waals surface area (Å²) in [5.74, 6) is 7.77. The van der Waals surface area contributed by atoms with Crippen LogP contribution in [0.4, 0.5) is 0 Å². The summed E-state index contributed by atoms with van der Waals surface area (Å²) in [5, 5.41) is 0. The SMILES string of the molecule is CCSCC(CCc1ccccc1)NN. The summed E-state index contributed by atoms with van der Waals surface area (Å²) in [5.41, 5.74) is 4.27. The molecule has 1 rings (SSSR count). The number of benzene rings is 1. The van der Waals surface area contributed by atoms with Crippen LogP contribution < -0.4 is 11.3 Å². The number of nitrogens with one attached hydrogen (secondary N) is 1. The van der Waals surface area contributed by atoms with Crippen molar-refractivity contribution in [2.45, 2.75) is 25.8 Å². The minimum Gasteiger partial charge on any atom is -0.271 e. The Kier molecular flexibility index (Phi) is 6.48. The predicted molar refractivity (Wildman–Crippen MR) is 68.9 cm³/mol. The maximum Gasteiger partial charge on any atom is 0.0304 e. The molecule has 0 aromatic heterocycles. The Hall–Kier alpha value is -0.510. The Labute approximate surface area is 96.6 Å². The quantitative estimate of drug-likeness (QED) is 0.551. The first kappa shape index (κ1) is 12.6. The van der Waals surface area contributed by atoms with Gasteiger partial charge in [-0.1, -0.05) is 37.3 Å². The van der Waals surface area contributed by atoms with Crippen LogP contribution in [0.15, 0.2) is 30.3 Å². The third kappa shape index (κ3) is 5.21. The van der Waals surface area contributed by atoms with Crippen LogP contribution in [0, 0.1) is 0 Å². The van der Waals surface area contributed by atoms with Crippen molar-refractivity contribution < 1.29 is 0 Å². The molecule has 0 amide bonds. The minimum atomic E-state index is 0.426. The fraction of sp³-hybridized carbons (Fsp3) is 0.500. The van der Waals surface area contributed by atoms with E-state index in [0.29, 0.717) is 6.04 Å². The van der Waals surface area contributed by atoms with Gasteiger partial charge >= 0.3 is 0 Å². The monoisotopic (exact) mass is 224 g/mol. The van der Waals surface area contributed by atoms with Gasteiger partial charge in [-0.15, -0.1) is 0 Å². The zero-order chi connectivity index (χ0) is 10.9.